The Kier molecular flexibility index (Phi) is 1.53. The first-order valence-electron chi connectivity index (χ1n) is 2.77. The van der Waals surface area contributed by atoms with Crippen LogP contribution in [0, 0.1) is 0 Å². The third kappa shape index (κ3) is 1.23. The summed E-state index contributed by atoms with van der Waals surface area (Å²) in [6.07, 6.45) is 1.15. The van der Waals surface area contributed by atoms with Crippen molar-refractivity contribution in [1.29, 1.82) is 0 Å². The Bertz CT molecular complexity index is 98.7. The van der Waals surface area contributed by atoms with Gasteiger partial charge < -0.3 is 9.84 Å². The molecule has 0 spiro atoms. The first kappa shape index (κ1) is 5.63. The molecule has 0 unspecified atom stereocenters. The van der Waals surface area contributed by atoms with Gasteiger partial charge >= 0.3 is 0 Å². The van der Waals surface area contributed by atoms with Crippen LogP contribution in [-0.2, 0) is 4.74 Å². The van der Waals surface area contributed by atoms with Gasteiger partial charge in [0.05, 0.1) is 18.5 Å². The van der Waals surface area contributed by atoms with Gasteiger partial charge in [0.2, 0.25) is 0 Å². The van der Waals surface area contributed by atoms with Crippen LogP contribution in [0.3, 0.4) is 0 Å². The Morgan fingerprint density at radius 1 is 1.75 bits per heavy atom. The number of hydrogen-bond acceptors (Lipinski definition) is 2. The van der Waals surface area contributed by atoms with Gasteiger partial charge in [-0.3, -0.25) is 0 Å². The molecule has 0 aromatic heterocycles. The minimum Gasteiger partial charge on any atom is -0.498 e. The fourth-order valence-electron chi connectivity index (χ4n) is 0.763. The zero-order chi connectivity index (χ0) is 5.98. The highest BCUT2D eigenvalue weighted by Crippen LogP contribution is 2.13. The number of hydrogen-bond donors (Lipinski definition) is 1. The van der Waals surface area contributed by atoms with E-state index in [2.05, 4.69) is 6.58 Å². The van der Waals surface area contributed by atoms with E-state index in [1.54, 1.807) is 0 Å². The molecule has 0 radical (unpaired) electrons. The summed E-state index contributed by atoms with van der Waals surface area (Å²) in [4.78, 5) is 0. The van der Waals surface area contributed by atoms with Crippen molar-refractivity contribution in [2.24, 2.45) is 0 Å². The predicted molar refractivity (Wildman–Crippen MR) is 30.3 cm³/mol. The molecule has 0 saturated carbocycles. The lowest BCUT2D eigenvalue weighted by molar-refractivity contribution is 0.0593. The van der Waals surface area contributed by atoms with Gasteiger partial charge in [-0.1, -0.05) is 6.58 Å². The number of ether oxygens (including phenoxy) is 1. The summed E-state index contributed by atoms with van der Waals surface area (Å²) in [7, 11) is 0. The summed E-state index contributed by atoms with van der Waals surface area (Å²) in [5.41, 5.74) is 0. The summed E-state index contributed by atoms with van der Waals surface area (Å²) in [5, 5.41) is 8.94. The second kappa shape index (κ2) is 2.18. The first-order valence-corrected chi connectivity index (χ1v) is 2.77. The largest absolute Gasteiger partial charge is 0.498 e. The lowest BCUT2D eigenvalue weighted by Crippen LogP contribution is -2.17. The van der Waals surface area contributed by atoms with Gasteiger partial charge in [-0.15, -0.1) is 0 Å². The second-order valence-electron chi connectivity index (χ2n) is 2.03. The van der Waals surface area contributed by atoms with Crippen LogP contribution < -0.4 is 0 Å². The van der Waals surface area contributed by atoms with E-state index in [-0.39, 0.29) is 6.10 Å². The molecule has 1 fully saturated rings. The molecule has 1 aliphatic heterocycles. The van der Waals surface area contributed by atoms with Crippen molar-refractivity contribution in [2.75, 3.05) is 6.61 Å². The van der Waals surface area contributed by atoms with Crippen LogP contribution in [0.2, 0.25) is 0 Å². The van der Waals surface area contributed by atoms with Gasteiger partial charge in [-0.05, 0) is 0 Å². The molecule has 46 valence electrons. The summed E-state index contributed by atoms with van der Waals surface area (Å²) in [6.45, 7) is 4.21. The maximum Gasteiger partial charge on any atom is 0.0914 e. The van der Waals surface area contributed by atoms with Crippen LogP contribution in [0.1, 0.15) is 12.8 Å². The molecular formula is C6H10O2. The SMILES string of the molecule is C=C1C[C@H](O)CCO1. The average molecular weight is 114 g/mol. The molecule has 2 heteroatoms. The zero-order valence-corrected chi connectivity index (χ0v) is 4.76. The fourth-order valence-corrected chi connectivity index (χ4v) is 0.763. The monoisotopic (exact) mass is 114 g/mol. The Labute approximate surface area is 48.8 Å². The van der Waals surface area contributed by atoms with Crippen molar-refractivity contribution in [3.8, 4) is 0 Å². The number of aliphatic hydroxyl groups is 1. The van der Waals surface area contributed by atoms with Crippen LogP contribution in [0.4, 0.5) is 0 Å². The lowest BCUT2D eigenvalue weighted by atomic mass is 10.1. The molecule has 0 aromatic rings. The van der Waals surface area contributed by atoms with Crippen molar-refractivity contribution in [1.82, 2.24) is 0 Å². The van der Waals surface area contributed by atoms with Gasteiger partial charge in [0, 0.05) is 12.8 Å². The van der Waals surface area contributed by atoms with Gasteiger partial charge in [-0.2, -0.15) is 0 Å². The van der Waals surface area contributed by atoms with Crippen LogP contribution in [0.5, 0.6) is 0 Å². The highest BCUT2D eigenvalue weighted by atomic mass is 16.5. The normalized spacial score (nSPS) is 29.6. The lowest BCUT2D eigenvalue weighted by Gasteiger charge is -2.19. The van der Waals surface area contributed by atoms with Crippen LogP contribution in [0.15, 0.2) is 12.3 Å². The van der Waals surface area contributed by atoms with Crippen molar-refractivity contribution < 1.29 is 9.84 Å². The molecule has 0 aromatic carbocycles. The van der Waals surface area contributed by atoms with Crippen molar-refractivity contribution in [2.45, 2.75) is 18.9 Å². The van der Waals surface area contributed by atoms with Gasteiger partial charge in [0.1, 0.15) is 0 Å². The Morgan fingerprint density at radius 2 is 2.50 bits per heavy atom. The van der Waals surface area contributed by atoms with Gasteiger partial charge in [0.25, 0.3) is 0 Å². The minimum absolute atomic E-state index is 0.212. The quantitative estimate of drug-likeness (QED) is 0.501. The summed E-state index contributed by atoms with van der Waals surface area (Å²) < 4.78 is 4.99. The molecule has 0 bridgehead atoms. The maximum absolute atomic E-state index is 8.94. The molecule has 1 saturated heterocycles. The molecule has 1 rings (SSSR count). The van der Waals surface area contributed by atoms with E-state index >= 15 is 0 Å². The average Bonchev–Trinajstić information content (AvgIpc) is 1.64. The van der Waals surface area contributed by atoms with Gasteiger partial charge in [0.15, 0.2) is 0 Å². The van der Waals surface area contributed by atoms with E-state index in [0.717, 1.165) is 6.42 Å². The molecule has 8 heavy (non-hydrogen) atoms. The molecule has 0 amide bonds. The third-order valence-corrected chi connectivity index (χ3v) is 1.22. The fraction of sp³-hybridized carbons (Fsp3) is 0.667. The molecule has 1 N–H and O–H groups in total. The van der Waals surface area contributed by atoms with E-state index in [1.165, 1.54) is 0 Å². The van der Waals surface area contributed by atoms with E-state index in [0.29, 0.717) is 18.8 Å². The predicted octanol–water partition coefficient (Wildman–Crippen LogP) is 0.671. The molecule has 1 atom stereocenters. The molecule has 1 heterocycles. The highest BCUT2D eigenvalue weighted by molar-refractivity contribution is 4.88. The number of rotatable bonds is 0. The van der Waals surface area contributed by atoms with Crippen molar-refractivity contribution in [3.05, 3.63) is 12.3 Å². The maximum atomic E-state index is 8.94. The van der Waals surface area contributed by atoms with Crippen LogP contribution in [0.25, 0.3) is 0 Å². The highest BCUT2D eigenvalue weighted by Gasteiger charge is 2.12. The summed E-state index contributed by atoms with van der Waals surface area (Å²) in [5.74, 6) is 0.712. The van der Waals surface area contributed by atoms with E-state index in [4.69, 9.17) is 9.84 Å². The summed E-state index contributed by atoms with van der Waals surface area (Å²) in [6, 6.07) is 0. The molecule has 2 nitrogen and oxygen atoms in total. The molecule has 0 aliphatic carbocycles. The van der Waals surface area contributed by atoms with E-state index < -0.39 is 0 Å². The molecule has 1 aliphatic rings. The molecular weight excluding hydrogens is 104 g/mol. The third-order valence-electron chi connectivity index (χ3n) is 1.22. The van der Waals surface area contributed by atoms with Gasteiger partial charge in [-0.25, -0.2) is 0 Å². The Balaban J connectivity index is 2.34. The van der Waals surface area contributed by atoms with E-state index in [9.17, 15) is 0 Å². The number of aliphatic hydroxyl groups excluding tert-OH is 1. The smallest absolute Gasteiger partial charge is 0.0914 e. The Morgan fingerprint density at radius 3 is 2.88 bits per heavy atom. The zero-order valence-electron chi connectivity index (χ0n) is 4.76. The van der Waals surface area contributed by atoms with Crippen LogP contribution >= 0.6 is 0 Å². The van der Waals surface area contributed by atoms with Crippen molar-refractivity contribution in [3.63, 3.8) is 0 Å². The minimum atomic E-state index is -0.212. The topological polar surface area (TPSA) is 29.5 Å². The van der Waals surface area contributed by atoms with Crippen LogP contribution in [-0.4, -0.2) is 17.8 Å². The Hall–Kier alpha value is -0.500. The van der Waals surface area contributed by atoms with E-state index in [1.807, 2.05) is 0 Å². The first-order chi connectivity index (χ1) is 3.79. The second-order valence-corrected chi connectivity index (χ2v) is 2.03. The summed E-state index contributed by atoms with van der Waals surface area (Å²) >= 11 is 0. The standard InChI is InChI=1S/C6H10O2/c1-5-4-6(7)2-3-8-5/h6-7H,1-4H2/t6-/m1/s1. The van der Waals surface area contributed by atoms with Crippen molar-refractivity contribution >= 4 is 0 Å².